The largest absolute Gasteiger partial charge is 0.486 e. The Morgan fingerprint density at radius 2 is 2.06 bits per heavy atom. The number of urea groups is 1. The van der Waals surface area contributed by atoms with Crippen molar-refractivity contribution in [3.8, 4) is 17.0 Å². The number of halogens is 1. The highest BCUT2D eigenvalue weighted by Crippen LogP contribution is 2.33. The molecular weight excluding hydrogens is 468 g/mol. The number of ether oxygens (including phenoxy) is 1. The van der Waals surface area contributed by atoms with Crippen molar-refractivity contribution in [3.63, 3.8) is 0 Å². The van der Waals surface area contributed by atoms with Crippen LogP contribution < -0.4 is 10.5 Å². The second kappa shape index (κ2) is 8.24. The van der Waals surface area contributed by atoms with Gasteiger partial charge in [0.2, 0.25) is 0 Å². The summed E-state index contributed by atoms with van der Waals surface area (Å²) in [5, 5.41) is 13.5. The van der Waals surface area contributed by atoms with Crippen LogP contribution in [0.25, 0.3) is 33.2 Å². The average molecular weight is 489 g/mol. The van der Waals surface area contributed by atoms with Gasteiger partial charge >= 0.3 is 6.03 Å². The van der Waals surface area contributed by atoms with Gasteiger partial charge in [0, 0.05) is 53.2 Å². The molecule has 5 aromatic rings. The number of benzene rings is 2. The first-order valence-corrected chi connectivity index (χ1v) is 11.5. The summed E-state index contributed by atoms with van der Waals surface area (Å²) in [6, 6.07) is 9.14. The maximum Gasteiger partial charge on any atom is 0.314 e. The molecule has 3 aromatic heterocycles. The van der Waals surface area contributed by atoms with E-state index in [1.807, 2.05) is 42.1 Å². The summed E-state index contributed by atoms with van der Waals surface area (Å²) in [6.45, 7) is 3.06. The molecule has 1 unspecified atom stereocenters. The molecule has 0 radical (unpaired) electrons. The minimum absolute atomic E-state index is 0.108. The number of nitrogens with two attached hydrogens (primary N) is 1. The lowest BCUT2D eigenvalue weighted by Crippen LogP contribution is -2.52. The normalized spacial score (nSPS) is 14.9. The van der Waals surface area contributed by atoms with E-state index < -0.39 is 6.03 Å². The summed E-state index contributed by atoms with van der Waals surface area (Å²) >= 11 is 6.32. The van der Waals surface area contributed by atoms with E-state index in [4.69, 9.17) is 22.1 Å². The van der Waals surface area contributed by atoms with Gasteiger partial charge in [-0.3, -0.25) is 19.7 Å². The number of hydrogen-bond donors (Lipinski definition) is 2. The molecule has 35 heavy (non-hydrogen) atoms. The summed E-state index contributed by atoms with van der Waals surface area (Å²) < 4.78 is 8.15. The molecule has 4 heterocycles. The van der Waals surface area contributed by atoms with Crippen molar-refractivity contribution in [2.45, 2.75) is 19.1 Å². The molecule has 3 N–H and O–H groups in total. The van der Waals surface area contributed by atoms with Crippen molar-refractivity contribution < 1.29 is 9.53 Å². The van der Waals surface area contributed by atoms with Gasteiger partial charge in [0.1, 0.15) is 17.5 Å². The lowest BCUT2D eigenvalue weighted by atomic mass is 10.1. The first-order valence-electron chi connectivity index (χ1n) is 11.1. The Morgan fingerprint density at radius 1 is 1.23 bits per heavy atom. The summed E-state index contributed by atoms with van der Waals surface area (Å²) in [7, 11) is 0. The fraction of sp³-hybridized carbons (Fsp3) is 0.208. The number of carbonyl (C=O) groups is 1. The number of primary amides is 1. The van der Waals surface area contributed by atoms with E-state index in [1.54, 1.807) is 29.6 Å². The first kappa shape index (κ1) is 21.4. The quantitative estimate of drug-likeness (QED) is 0.383. The lowest BCUT2D eigenvalue weighted by Gasteiger charge is -2.37. The molecule has 0 aliphatic carbocycles. The number of amides is 2. The molecule has 176 valence electrons. The molecule has 1 saturated heterocycles. The van der Waals surface area contributed by atoms with Crippen molar-refractivity contribution in [2.75, 3.05) is 13.1 Å². The standard InChI is InChI=1S/C24H21ClN8O2/c1-13(18-6-15(25)7-21-23(18)28-5-4-27-21)35-17-2-3-20-19(8-17)22(31-30-20)14-9-29-33(10-14)16-11-32(12-16)24(26)34/h2-10,13,16H,11-12H2,1H3,(H2,26,34)(H,30,31). The highest BCUT2D eigenvalue weighted by molar-refractivity contribution is 6.31. The molecule has 2 amide bonds. The minimum Gasteiger partial charge on any atom is -0.486 e. The van der Waals surface area contributed by atoms with E-state index in [9.17, 15) is 4.79 Å². The van der Waals surface area contributed by atoms with E-state index >= 15 is 0 Å². The van der Waals surface area contributed by atoms with Gasteiger partial charge in [-0.05, 0) is 37.3 Å². The summed E-state index contributed by atoms with van der Waals surface area (Å²) in [6.07, 6.45) is 6.70. The Morgan fingerprint density at radius 3 is 2.89 bits per heavy atom. The molecule has 11 heteroatoms. The van der Waals surface area contributed by atoms with Crippen molar-refractivity contribution in [1.29, 1.82) is 0 Å². The fourth-order valence-corrected chi connectivity index (χ4v) is 4.61. The maximum absolute atomic E-state index is 11.3. The molecule has 1 atom stereocenters. The highest BCUT2D eigenvalue weighted by Gasteiger charge is 2.31. The highest BCUT2D eigenvalue weighted by atomic mass is 35.5. The van der Waals surface area contributed by atoms with Crippen LogP contribution in [0.2, 0.25) is 5.02 Å². The van der Waals surface area contributed by atoms with Crippen LogP contribution in [0.5, 0.6) is 5.75 Å². The maximum atomic E-state index is 11.3. The molecular formula is C24H21ClN8O2. The number of aromatic nitrogens is 6. The predicted octanol–water partition coefficient (Wildman–Crippen LogP) is 4.10. The number of aromatic amines is 1. The van der Waals surface area contributed by atoms with Crippen LogP contribution in [0.1, 0.15) is 24.6 Å². The van der Waals surface area contributed by atoms with Gasteiger partial charge in [-0.2, -0.15) is 10.2 Å². The minimum atomic E-state index is -0.411. The molecule has 0 bridgehead atoms. The second-order valence-corrected chi connectivity index (χ2v) is 9.00. The third kappa shape index (κ3) is 3.81. The Balaban J connectivity index is 1.27. The first-order chi connectivity index (χ1) is 17.0. The fourth-order valence-electron chi connectivity index (χ4n) is 4.39. The van der Waals surface area contributed by atoms with E-state index in [0.717, 1.165) is 38.8 Å². The number of nitrogens with zero attached hydrogens (tertiary/aromatic N) is 6. The van der Waals surface area contributed by atoms with Crippen molar-refractivity contribution in [3.05, 3.63) is 65.7 Å². The topological polar surface area (TPSA) is 128 Å². The van der Waals surface area contributed by atoms with E-state index in [2.05, 4.69) is 25.3 Å². The Labute approximate surface area is 204 Å². The third-order valence-electron chi connectivity index (χ3n) is 6.28. The van der Waals surface area contributed by atoms with Crippen LogP contribution in [0.4, 0.5) is 4.79 Å². The van der Waals surface area contributed by atoms with Crippen LogP contribution in [0.3, 0.4) is 0 Å². The van der Waals surface area contributed by atoms with Crippen LogP contribution >= 0.6 is 11.6 Å². The van der Waals surface area contributed by atoms with Gasteiger partial charge in [0.15, 0.2) is 0 Å². The molecule has 0 saturated carbocycles. The third-order valence-corrected chi connectivity index (χ3v) is 6.49. The van der Waals surface area contributed by atoms with Gasteiger partial charge in [-0.1, -0.05) is 11.6 Å². The second-order valence-electron chi connectivity index (χ2n) is 8.56. The number of hydrogen-bond acceptors (Lipinski definition) is 6. The number of rotatable bonds is 5. The Hall–Kier alpha value is -4.18. The smallest absolute Gasteiger partial charge is 0.314 e. The van der Waals surface area contributed by atoms with Gasteiger partial charge in [0.25, 0.3) is 0 Å². The van der Waals surface area contributed by atoms with Crippen molar-refractivity contribution in [1.82, 2.24) is 34.8 Å². The number of nitrogens with one attached hydrogen (secondary N) is 1. The summed E-state index contributed by atoms with van der Waals surface area (Å²) in [5.74, 6) is 0.688. The van der Waals surface area contributed by atoms with Gasteiger partial charge < -0.3 is 15.4 Å². The zero-order valence-corrected chi connectivity index (χ0v) is 19.5. The average Bonchev–Trinajstić information content (AvgIpc) is 3.44. The summed E-state index contributed by atoms with van der Waals surface area (Å²) in [5.41, 5.74) is 10.2. The van der Waals surface area contributed by atoms with Crippen molar-refractivity contribution >= 4 is 39.6 Å². The zero-order valence-electron chi connectivity index (χ0n) is 18.7. The molecule has 2 aromatic carbocycles. The van der Waals surface area contributed by atoms with Crippen LogP contribution in [-0.4, -0.2) is 54.0 Å². The molecule has 10 nitrogen and oxygen atoms in total. The number of H-pyrrole nitrogens is 1. The number of likely N-dealkylation sites (tertiary alicyclic amines) is 1. The molecule has 6 rings (SSSR count). The van der Waals surface area contributed by atoms with E-state index in [0.29, 0.717) is 23.9 Å². The Bertz CT molecular complexity index is 1570. The van der Waals surface area contributed by atoms with Gasteiger partial charge in [-0.25, -0.2) is 4.79 Å². The SMILES string of the molecule is CC(Oc1ccc2[nH]nc(-c3cnn(C4CN(C(N)=O)C4)c3)c2c1)c1cc(Cl)cc2nccnc12. The van der Waals surface area contributed by atoms with Crippen LogP contribution in [0, 0.1) is 0 Å². The Kier molecular flexibility index (Phi) is 5.03. The van der Waals surface area contributed by atoms with E-state index in [1.165, 1.54) is 0 Å². The molecule has 1 fully saturated rings. The summed E-state index contributed by atoms with van der Waals surface area (Å²) in [4.78, 5) is 21.7. The van der Waals surface area contributed by atoms with Gasteiger partial charge in [0.05, 0.1) is 28.8 Å². The molecule has 1 aliphatic heterocycles. The monoisotopic (exact) mass is 488 g/mol. The lowest BCUT2D eigenvalue weighted by molar-refractivity contribution is 0.125. The zero-order chi connectivity index (χ0) is 24.1. The van der Waals surface area contributed by atoms with E-state index in [-0.39, 0.29) is 12.1 Å². The molecule has 1 aliphatic rings. The van der Waals surface area contributed by atoms with Crippen LogP contribution in [-0.2, 0) is 0 Å². The van der Waals surface area contributed by atoms with Crippen LogP contribution in [0.15, 0.2) is 55.1 Å². The van der Waals surface area contributed by atoms with Gasteiger partial charge in [-0.15, -0.1) is 0 Å². The van der Waals surface area contributed by atoms with Crippen molar-refractivity contribution in [2.24, 2.45) is 5.73 Å². The predicted molar refractivity (Wildman–Crippen MR) is 131 cm³/mol. The number of carbonyl (C=O) groups excluding carboxylic acids is 1. The number of fused-ring (bicyclic) bond motifs is 2. The molecule has 0 spiro atoms.